The van der Waals surface area contributed by atoms with Gasteiger partial charge in [-0.15, -0.1) is 0 Å². The summed E-state index contributed by atoms with van der Waals surface area (Å²) in [6.45, 7) is 4.46. The van der Waals surface area contributed by atoms with E-state index in [2.05, 4.69) is 26.3 Å². The highest BCUT2D eigenvalue weighted by atomic mass is 16.6. The Bertz CT molecular complexity index is 989. The molecule has 4 unspecified atom stereocenters. The fraction of sp³-hybridized carbons (Fsp3) is 0.636. The fourth-order valence-corrected chi connectivity index (χ4v) is 4.51. The van der Waals surface area contributed by atoms with Crippen LogP contribution in [0, 0.1) is 5.92 Å². The van der Waals surface area contributed by atoms with Crippen molar-refractivity contribution in [3.8, 4) is 0 Å². The van der Waals surface area contributed by atoms with Gasteiger partial charge in [0.25, 0.3) is 0 Å². The summed E-state index contributed by atoms with van der Waals surface area (Å²) in [5, 5.41) is 8.42. The SMILES string of the molecule is CCC(C)NC(=O)OC1CCC(C2CC(=Nc3nccc4c(COC)nn(C)c34)NN2)C1. The van der Waals surface area contributed by atoms with Gasteiger partial charge in [0.15, 0.2) is 5.82 Å². The summed E-state index contributed by atoms with van der Waals surface area (Å²) in [6.07, 6.45) is 5.84. The van der Waals surface area contributed by atoms with Gasteiger partial charge >= 0.3 is 6.09 Å². The third-order valence-corrected chi connectivity index (χ3v) is 6.39. The average molecular weight is 444 g/mol. The Morgan fingerprint density at radius 2 is 2.28 bits per heavy atom. The second-order valence-corrected chi connectivity index (χ2v) is 8.73. The van der Waals surface area contributed by atoms with Gasteiger partial charge in [-0.2, -0.15) is 5.10 Å². The molecule has 10 nitrogen and oxygen atoms in total. The maximum absolute atomic E-state index is 12.0. The monoisotopic (exact) mass is 443 g/mol. The highest BCUT2D eigenvalue weighted by molar-refractivity contribution is 5.94. The largest absolute Gasteiger partial charge is 0.446 e. The minimum atomic E-state index is -0.312. The number of fused-ring (bicyclic) bond motifs is 1. The van der Waals surface area contributed by atoms with Gasteiger partial charge in [-0.3, -0.25) is 4.68 Å². The molecule has 4 rings (SSSR count). The van der Waals surface area contributed by atoms with Crippen molar-refractivity contribution in [2.75, 3.05) is 7.11 Å². The molecule has 1 amide bonds. The Kier molecular flexibility index (Phi) is 6.90. The molecule has 2 aliphatic rings. The summed E-state index contributed by atoms with van der Waals surface area (Å²) >= 11 is 0. The first kappa shape index (κ1) is 22.5. The van der Waals surface area contributed by atoms with E-state index < -0.39 is 0 Å². The number of pyridine rings is 1. The molecule has 3 heterocycles. The lowest BCUT2D eigenvalue weighted by atomic mass is 9.96. The number of aryl methyl sites for hydroxylation is 1. The van der Waals surface area contributed by atoms with Gasteiger partial charge in [-0.25, -0.2) is 20.2 Å². The molecular weight excluding hydrogens is 410 g/mol. The Hall–Kier alpha value is -2.72. The number of carbonyl (C=O) groups excluding carboxylic acids is 1. The number of nitrogens with zero attached hydrogens (tertiary/aromatic N) is 4. The van der Waals surface area contributed by atoms with Crippen LogP contribution in [0.2, 0.25) is 0 Å². The van der Waals surface area contributed by atoms with Crippen molar-refractivity contribution in [1.82, 2.24) is 30.9 Å². The van der Waals surface area contributed by atoms with Crippen molar-refractivity contribution in [3.05, 3.63) is 18.0 Å². The van der Waals surface area contributed by atoms with Crippen LogP contribution in [0.15, 0.2) is 17.3 Å². The molecule has 174 valence electrons. The van der Waals surface area contributed by atoms with Crippen LogP contribution in [0.5, 0.6) is 0 Å². The molecule has 1 saturated heterocycles. The van der Waals surface area contributed by atoms with Crippen LogP contribution >= 0.6 is 0 Å². The van der Waals surface area contributed by atoms with Gasteiger partial charge in [0.1, 0.15) is 17.5 Å². The zero-order chi connectivity index (χ0) is 22.7. The van der Waals surface area contributed by atoms with Crippen molar-refractivity contribution < 1.29 is 14.3 Å². The van der Waals surface area contributed by atoms with Gasteiger partial charge in [0, 0.05) is 44.2 Å². The van der Waals surface area contributed by atoms with E-state index in [-0.39, 0.29) is 24.3 Å². The number of rotatable bonds is 7. The summed E-state index contributed by atoms with van der Waals surface area (Å²) < 4.78 is 12.7. The summed E-state index contributed by atoms with van der Waals surface area (Å²) in [4.78, 5) is 21.3. The number of hydrogen-bond acceptors (Lipinski definition) is 7. The maximum atomic E-state index is 12.0. The number of aromatic nitrogens is 3. The molecule has 1 saturated carbocycles. The van der Waals surface area contributed by atoms with Crippen LogP contribution in [0.1, 0.15) is 51.6 Å². The van der Waals surface area contributed by atoms with Crippen LogP contribution in [0.25, 0.3) is 10.9 Å². The van der Waals surface area contributed by atoms with Crippen LogP contribution < -0.4 is 16.2 Å². The molecular formula is C22H33N7O3. The number of amidine groups is 1. The smallest absolute Gasteiger partial charge is 0.407 e. The number of nitrogens with one attached hydrogen (secondary N) is 3. The molecule has 2 aromatic heterocycles. The first-order valence-corrected chi connectivity index (χ1v) is 11.3. The Morgan fingerprint density at radius 3 is 3.06 bits per heavy atom. The van der Waals surface area contributed by atoms with Crippen LogP contribution in [-0.4, -0.2) is 52.0 Å². The third-order valence-electron chi connectivity index (χ3n) is 6.39. The lowest BCUT2D eigenvalue weighted by Gasteiger charge is -2.18. The Morgan fingerprint density at radius 1 is 1.44 bits per heavy atom. The van der Waals surface area contributed by atoms with Gasteiger partial charge in [-0.1, -0.05) is 6.92 Å². The van der Waals surface area contributed by atoms with E-state index >= 15 is 0 Å². The number of aliphatic imine (C=N–C) groups is 1. The molecule has 0 radical (unpaired) electrons. The molecule has 32 heavy (non-hydrogen) atoms. The fourth-order valence-electron chi connectivity index (χ4n) is 4.51. The molecule has 1 aliphatic heterocycles. The first-order chi connectivity index (χ1) is 15.5. The van der Waals surface area contributed by atoms with E-state index in [4.69, 9.17) is 14.5 Å². The summed E-state index contributed by atoms with van der Waals surface area (Å²) in [5.41, 5.74) is 8.35. The number of amides is 1. The quantitative estimate of drug-likeness (QED) is 0.603. The predicted molar refractivity (Wildman–Crippen MR) is 121 cm³/mol. The van der Waals surface area contributed by atoms with Crippen molar-refractivity contribution in [3.63, 3.8) is 0 Å². The Labute approximate surface area is 188 Å². The number of carbonyl (C=O) groups is 1. The highest BCUT2D eigenvalue weighted by Gasteiger charge is 2.36. The van der Waals surface area contributed by atoms with Gasteiger partial charge in [0.05, 0.1) is 12.3 Å². The minimum absolute atomic E-state index is 0.0316. The summed E-state index contributed by atoms with van der Waals surface area (Å²) in [5.74, 6) is 1.91. The van der Waals surface area contributed by atoms with Crippen molar-refractivity contribution >= 4 is 28.6 Å². The molecule has 3 N–H and O–H groups in total. The normalized spacial score (nSPS) is 25.2. The van der Waals surface area contributed by atoms with E-state index in [9.17, 15) is 4.79 Å². The summed E-state index contributed by atoms with van der Waals surface area (Å²) in [6, 6.07) is 2.32. The molecule has 0 spiro atoms. The average Bonchev–Trinajstić information content (AvgIpc) is 3.48. The topological polar surface area (TPSA) is 115 Å². The van der Waals surface area contributed by atoms with E-state index in [0.29, 0.717) is 18.3 Å². The lowest BCUT2D eigenvalue weighted by Crippen LogP contribution is -2.36. The third kappa shape index (κ3) is 4.86. The van der Waals surface area contributed by atoms with Gasteiger partial charge in [-0.05, 0) is 44.6 Å². The van der Waals surface area contributed by atoms with Crippen LogP contribution in [-0.2, 0) is 23.1 Å². The first-order valence-electron chi connectivity index (χ1n) is 11.3. The zero-order valence-corrected chi connectivity index (χ0v) is 19.2. The van der Waals surface area contributed by atoms with Crippen molar-refractivity contribution in [2.24, 2.45) is 18.0 Å². The lowest BCUT2D eigenvalue weighted by molar-refractivity contribution is 0.0949. The van der Waals surface area contributed by atoms with Crippen molar-refractivity contribution in [2.45, 2.75) is 70.7 Å². The van der Waals surface area contributed by atoms with Crippen LogP contribution in [0.4, 0.5) is 10.6 Å². The Balaban J connectivity index is 1.39. The summed E-state index contributed by atoms with van der Waals surface area (Å²) in [7, 11) is 3.56. The number of hydrazine groups is 1. The zero-order valence-electron chi connectivity index (χ0n) is 19.2. The van der Waals surface area contributed by atoms with Crippen LogP contribution in [0.3, 0.4) is 0 Å². The van der Waals surface area contributed by atoms with E-state index in [1.54, 1.807) is 18.0 Å². The number of methoxy groups -OCH3 is 1. The molecule has 0 aromatic carbocycles. The van der Waals surface area contributed by atoms with E-state index in [1.165, 1.54) is 0 Å². The minimum Gasteiger partial charge on any atom is -0.446 e. The molecule has 0 bridgehead atoms. The second kappa shape index (κ2) is 9.83. The highest BCUT2D eigenvalue weighted by Crippen LogP contribution is 2.33. The van der Waals surface area contributed by atoms with E-state index in [0.717, 1.165) is 54.5 Å². The number of hydrogen-bond donors (Lipinski definition) is 3. The van der Waals surface area contributed by atoms with Crippen molar-refractivity contribution in [1.29, 1.82) is 0 Å². The maximum Gasteiger partial charge on any atom is 0.407 e. The number of ether oxygens (including phenoxy) is 2. The van der Waals surface area contributed by atoms with Gasteiger partial charge in [0.2, 0.25) is 0 Å². The number of alkyl carbamates (subject to hydrolysis) is 1. The molecule has 4 atom stereocenters. The molecule has 10 heteroatoms. The standard InChI is InChI=1S/C22H33N7O3/c1-5-13(2)24-22(30)32-15-7-6-14(10-15)17-11-19(27-26-17)25-21-20-16(8-9-23-21)18(12-31-4)28-29(20)3/h8-9,13-15,17,26H,5-7,10-12H2,1-4H3,(H,24,30)(H,23,25,27). The molecule has 2 aromatic rings. The predicted octanol–water partition coefficient (Wildman–Crippen LogP) is 2.70. The second-order valence-electron chi connectivity index (χ2n) is 8.73. The molecule has 2 fully saturated rings. The van der Waals surface area contributed by atoms with Gasteiger partial charge < -0.3 is 20.2 Å². The molecule has 1 aliphatic carbocycles. The van der Waals surface area contributed by atoms with E-state index in [1.807, 2.05) is 27.0 Å².